The normalized spacial score (nSPS) is 18.7. The second kappa shape index (κ2) is 5.83. The van der Waals surface area contributed by atoms with Gasteiger partial charge in [0.1, 0.15) is 12.2 Å². The molecule has 4 nitrogen and oxygen atoms in total. The lowest BCUT2D eigenvalue weighted by molar-refractivity contribution is 0.267. The minimum absolute atomic E-state index is 0.403. The number of rotatable bonds is 6. The molecule has 1 aliphatic carbocycles. The second-order valence-electron chi connectivity index (χ2n) is 5.88. The first kappa shape index (κ1) is 13.5. The van der Waals surface area contributed by atoms with Gasteiger partial charge < -0.3 is 5.32 Å². The first-order chi connectivity index (χ1) is 8.67. The van der Waals surface area contributed by atoms with Crippen LogP contribution in [0.25, 0.3) is 0 Å². The number of nitrogens with zero attached hydrogens (tertiary/aromatic N) is 3. The van der Waals surface area contributed by atoms with E-state index in [0.717, 1.165) is 25.3 Å². The van der Waals surface area contributed by atoms with Crippen LogP contribution in [0.1, 0.15) is 58.3 Å². The van der Waals surface area contributed by atoms with E-state index in [-0.39, 0.29) is 0 Å². The third-order valence-corrected chi connectivity index (χ3v) is 4.08. The fourth-order valence-corrected chi connectivity index (χ4v) is 3.10. The molecule has 1 aromatic rings. The van der Waals surface area contributed by atoms with E-state index in [1.807, 2.05) is 0 Å². The molecule has 0 bridgehead atoms. The van der Waals surface area contributed by atoms with Crippen molar-refractivity contribution >= 4 is 0 Å². The molecule has 0 aliphatic heterocycles. The molecule has 0 unspecified atom stereocenters. The van der Waals surface area contributed by atoms with E-state index in [0.29, 0.717) is 11.5 Å². The summed E-state index contributed by atoms with van der Waals surface area (Å²) in [6.07, 6.45) is 8.14. The van der Waals surface area contributed by atoms with Crippen molar-refractivity contribution in [3.63, 3.8) is 0 Å². The zero-order chi connectivity index (χ0) is 13.0. The molecule has 1 aliphatic rings. The molecule has 0 radical (unpaired) electrons. The molecular weight excluding hydrogens is 224 g/mol. The minimum atomic E-state index is 0.403. The van der Waals surface area contributed by atoms with Gasteiger partial charge >= 0.3 is 0 Å². The van der Waals surface area contributed by atoms with E-state index in [1.165, 1.54) is 25.7 Å². The first-order valence-corrected chi connectivity index (χ1v) is 7.26. The van der Waals surface area contributed by atoms with Gasteiger partial charge in [0, 0.05) is 19.0 Å². The Morgan fingerprint density at radius 1 is 1.39 bits per heavy atom. The van der Waals surface area contributed by atoms with Crippen LogP contribution in [0.5, 0.6) is 0 Å². The van der Waals surface area contributed by atoms with Crippen LogP contribution in [-0.4, -0.2) is 27.9 Å². The molecule has 4 heteroatoms. The lowest BCUT2D eigenvalue weighted by Crippen LogP contribution is -2.35. The number of aromatic nitrogens is 3. The Balaban J connectivity index is 2.10. The Hall–Kier alpha value is -0.900. The summed E-state index contributed by atoms with van der Waals surface area (Å²) in [5.74, 6) is 1.16. The van der Waals surface area contributed by atoms with Gasteiger partial charge in [0.25, 0.3) is 0 Å². The Labute approximate surface area is 110 Å². The summed E-state index contributed by atoms with van der Waals surface area (Å²) < 4.78 is 2.08. The van der Waals surface area contributed by atoms with Crippen LogP contribution >= 0.6 is 0 Å². The number of hydrogen-bond donors (Lipinski definition) is 1. The van der Waals surface area contributed by atoms with E-state index < -0.39 is 0 Å². The highest BCUT2D eigenvalue weighted by Gasteiger charge is 2.35. The molecule has 1 aromatic heterocycles. The second-order valence-corrected chi connectivity index (χ2v) is 5.88. The molecule has 1 saturated carbocycles. The summed E-state index contributed by atoms with van der Waals surface area (Å²) in [6, 6.07) is 0.403. The van der Waals surface area contributed by atoms with Crippen molar-refractivity contribution in [1.82, 2.24) is 20.1 Å². The van der Waals surface area contributed by atoms with Crippen LogP contribution < -0.4 is 5.32 Å². The van der Waals surface area contributed by atoms with E-state index in [4.69, 9.17) is 0 Å². The van der Waals surface area contributed by atoms with Gasteiger partial charge in [-0.3, -0.25) is 0 Å². The Morgan fingerprint density at radius 2 is 2.11 bits per heavy atom. The van der Waals surface area contributed by atoms with Gasteiger partial charge in [-0.2, -0.15) is 5.10 Å². The highest BCUT2D eigenvalue weighted by molar-refractivity contribution is 4.98. The van der Waals surface area contributed by atoms with E-state index in [9.17, 15) is 0 Å². The highest BCUT2D eigenvalue weighted by Crippen LogP contribution is 2.40. The summed E-state index contributed by atoms with van der Waals surface area (Å²) in [6.45, 7) is 8.69. The number of nitrogens with one attached hydrogen (secondary N) is 1. The maximum atomic E-state index is 4.48. The van der Waals surface area contributed by atoms with Crippen LogP contribution in [0, 0.1) is 5.41 Å². The van der Waals surface area contributed by atoms with Gasteiger partial charge in [-0.15, -0.1) is 0 Å². The lowest BCUT2D eigenvalue weighted by Gasteiger charge is -2.29. The molecule has 1 N–H and O–H groups in total. The third-order valence-electron chi connectivity index (χ3n) is 4.08. The van der Waals surface area contributed by atoms with Gasteiger partial charge in [0.2, 0.25) is 0 Å². The van der Waals surface area contributed by atoms with Crippen molar-refractivity contribution in [3.8, 4) is 0 Å². The molecule has 0 amide bonds. The summed E-state index contributed by atoms with van der Waals surface area (Å²) in [4.78, 5) is 4.48. The molecule has 0 atom stereocenters. The van der Waals surface area contributed by atoms with Crippen molar-refractivity contribution in [2.75, 3.05) is 13.1 Å². The summed E-state index contributed by atoms with van der Waals surface area (Å²) in [5, 5.41) is 7.89. The van der Waals surface area contributed by atoms with Gasteiger partial charge in [-0.1, -0.05) is 19.8 Å². The topological polar surface area (TPSA) is 42.7 Å². The zero-order valence-corrected chi connectivity index (χ0v) is 11.9. The van der Waals surface area contributed by atoms with Crippen molar-refractivity contribution in [3.05, 3.63) is 12.2 Å². The maximum absolute atomic E-state index is 4.48. The van der Waals surface area contributed by atoms with Crippen LogP contribution in [0.15, 0.2) is 6.33 Å². The summed E-state index contributed by atoms with van der Waals surface area (Å²) >= 11 is 0. The molecule has 0 aromatic carbocycles. The van der Waals surface area contributed by atoms with Crippen molar-refractivity contribution in [2.24, 2.45) is 5.41 Å². The molecule has 18 heavy (non-hydrogen) atoms. The monoisotopic (exact) mass is 250 g/mol. The highest BCUT2D eigenvalue weighted by atomic mass is 15.3. The minimum Gasteiger partial charge on any atom is -0.316 e. The smallest absolute Gasteiger partial charge is 0.138 e. The standard InChI is InChI=1S/C14H26N4/c1-4-15-10-14(7-5-6-8-14)9-13-16-11-17-18(13)12(2)3/h11-12,15H,4-10H2,1-3H3. The van der Waals surface area contributed by atoms with Gasteiger partial charge in [-0.05, 0) is 38.6 Å². The van der Waals surface area contributed by atoms with Crippen LogP contribution in [0.2, 0.25) is 0 Å². The molecule has 102 valence electrons. The average Bonchev–Trinajstić information content (AvgIpc) is 2.97. The molecule has 1 heterocycles. The molecular formula is C14H26N4. The predicted molar refractivity (Wildman–Crippen MR) is 73.6 cm³/mol. The third kappa shape index (κ3) is 2.91. The Kier molecular flexibility index (Phi) is 4.38. The van der Waals surface area contributed by atoms with E-state index in [1.54, 1.807) is 6.33 Å². The van der Waals surface area contributed by atoms with Gasteiger partial charge in [0.05, 0.1) is 0 Å². The fourth-order valence-electron chi connectivity index (χ4n) is 3.10. The van der Waals surface area contributed by atoms with Crippen LogP contribution in [-0.2, 0) is 6.42 Å². The summed E-state index contributed by atoms with van der Waals surface area (Å²) in [7, 11) is 0. The number of hydrogen-bond acceptors (Lipinski definition) is 3. The molecule has 0 spiro atoms. The maximum Gasteiger partial charge on any atom is 0.138 e. The predicted octanol–water partition coefficient (Wildman–Crippen LogP) is 2.57. The summed E-state index contributed by atoms with van der Waals surface area (Å²) in [5.41, 5.74) is 0.412. The first-order valence-electron chi connectivity index (χ1n) is 7.26. The largest absolute Gasteiger partial charge is 0.316 e. The Morgan fingerprint density at radius 3 is 2.72 bits per heavy atom. The SMILES string of the molecule is CCNCC1(Cc2ncnn2C(C)C)CCCC1. The zero-order valence-electron chi connectivity index (χ0n) is 11.9. The van der Waals surface area contributed by atoms with E-state index in [2.05, 4.69) is 40.9 Å². The van der Waals surface area contributed by atoms with Gasteiger partial charge in [-0.25, -0.2) is 9.67 Å². The quantitative estimate of drug-likeness (QED) is 0.844. The lowest BCUT2D eigenvalue weighted by atomic mass is 9.82. The average molecular weight is 250 g/mol. The van der Waals surface area contributed by atoms with Crippen molar-refractivity contribution < 1.29 is 0 Å². The molecule has 0 saturated heterocycles. The fraction of sp³-hybridized carbons (Fsp3) is 0.857. The van der Waals surface area contributed by atoms with Crippen LogP contribution in [0.4, 0.5) is 0 Å². The van der Waals surface area contributed by atoms with Crippen molar-refractivity contribution in [1.29, 1.82) is 0 Å². The Bertz CT molecular complexity index is 364. The molecule has 1 fully saturated rings. The van der Waals surface area contributed by atoms with E-state index >= 15 is 0 Å². The van der Waals surface area contributed by atoms with Crippen molar-refractivity contribution in [2.45, 2.75) is 58.9 Å². The van der Waals surface area contributed by atoms with Crippen LogP contribution in [0.3, 0.4) is 0 Å². The molecule has 2 rings (SSSR count). The van der Waals surface area contributed by atoms with Gasteiger partial charge in [0.15, 0.2) is 0 Å².